The van der Waals surface area contributed by atoms with Crippen molar-refractivity contribution in [1.29, 1.82) is 0 Å². The van der Waals surface area contributed by atoms with Gasteiger partial charge >= 0.3 is 5.69 Å². The second-order valence-electron chi connectivity index (χ2n) is 7.00. The molecule has 0 aliphatic heterocycles. The molecule has 0 aliphatic carbocycles. The number of amides is 1. The molecular formula is C21H27F2N3O3. The lowest BCUT2D eigenvalue weighted by Crippen LogP contribution is -2.38. The minimum Gasteiger partial charge on any atom is -0.368 e. The topological polar surface area (TPSA) is 97.9 Å². The maximum Gasteiger partial charge on any atom is 0.329 e. The number of nitrogens with two attached hydrogens (primary N) is 1. The van der Waals surface area contributed by atoms with Gasteiger partial charge < -0.3 is 10.7 Å². The summed E-state index contributed by atoms with van der Waals surface area (Å²) in [7, 11) is 0. The Morgan fingerprint density at radius 3 is 2.48 bits per heavy atom. The summed E-state index contributed by atoms with van der Waals surface area (Å²) < 4.78 is 26.3. The molecule has 6 nitrogen and oxygen atoms in total. The largest absolute Gasteiger partial charge is 0.368 e. The Labute approximate surface area is 169 Å². The van der Waals surface area contributed by atoms with Crippen LogP contribution in [0.15, 0.2) is 52.1 Å². The van der Waals surface area contributed by atoms with Gasteiger partial charge in [0.25, 0.3) is 5.56 Å². The molecule has 0 radical (unpaired) electrons. The molecule has 0 aliphatic rings. The van der Waals surface area contributed by atoms with Crippen LogP contribution in [0.3, 0.4) is 0 Å². The molecule has 8 heteroatoms. The molecular weight excluding hydrogens is 380 g/mol. The van der Waals surface area contributed by atoms with E-state index in [0.717, 1.165) is 17.1 Å². The quantitative estimate of drug-likeness (QED) is 0.679. The molecule has 0 bridgehead atoms. The van der Waals surface area contributed by atoms with Crippen LogP contribution < -0.4 is 17.0 Å². The molecule has 0 unspecified atom stereocenters. The van der Waals surface area contributed by atoms with Gasteiger partial charge in [-0.1, -0.05) is 32.0 Å². The molecule has 0 saturated carbocycles. The molecule has 29 heavy (non-hydrogen) atoms. The molecule has 158 valence electrons. The number of H-pyrrole nitrogens is 1. The zero-order chi connectivity index (χ0) is 21.6. The van der Waals surface area contributed by atoms with E-state index in [-0.39, 0.29) is 2.85 Å². The standard InChI is InChI=1S/C11H14F2.C10H9N3O3.2H2/c1-8(2)3-4-9-5-6-10(12)7-11(9)13;11-8(14)5-13-9(15)6-3-1-2-4-7(6)12-10(13)16;;/h5-8H,3-4H2,1-2H3;1-4H,5H2,(H2,11,14)(H,12,16);2*1H. The van der Waals surface area contributed by atoms with Crippen LogP contribution in [-0.4, -0.2) is 15.5 Å². The number of primary amides is 1. The van der Waals surface area contributed by atoms with Crippen LogP contribution in [0.1, 0.15) is 28.7 Å². The first kappa shape index (κ1) is 22.0. The molecule has 0 fully saturated rings. The summed E-state index contributed by atoms with van der Waals surface area (Å²) >= 11 is 0. The van der Waals surface area contributed by atoms with E-state index in [1.165, 1.54) is 12.1 Å². The van der Waals surface area contributed by atoms with E-state index in [2.05, 4.69) is 18.8 Å². The average molecular weight is 407 g/mol. The van der Waals surface area contributed by atoms with Gasteiger partial charge in [-0.05, 0) is 42.5 Å². The maximum atomic E-state index is 13.1. The van der Waals surface area contributed by atoms with Crippen molar-refractivity contribution >= 4 is 16.8 Å². The predicted octanol–water partition coefficient (Wildman–Crippen LogP) is 3.22. The molecule has 2 aromatic carbocycles. The highest BCUT2D eigenvalue weighted by Gasteiger charge is 2.08. The van der Waals surface area contributed by atoms with Crippen molar-refractivity contribution < 1.29 is 16.4 Å². The van der Waals surface area contributed by atoms with Crippen LogP contribution in [0.4, 0.5) is 8.78 Å². The number of hydrogen-bond acceptors (Lipinski definition) is 3. The smallest absolute Gasteiger partial charge is 0.329 e. The first-order valence-electron chi connectivity index (χ1n) is 9.13. The summed E-state index contributed by atoms with van der Waals surface area (Å²) in [5.74, 6) is -1.13. The number of fused-ring (bicyclic) bond motifs is 1. The first-order chi connectivity index (χ1) is 13.7. The van der Waals surface area contributed by atoms with Gasteiger partial charge in [0.05, 0.1) is 10.9 Å². The van der Waals surface area contributed by atoms with Gasteiger partial charge in [0.15, 0.2) is 0 Å². The van der Waals surface area contributed by atoms with E-state index in [0.29, 0.717) is 28.8 Å². The Bertz CT molecular complexity index is 1130. The van der Waals surface area contributed by atoms with Crippen LogP contribution in [-0.2, 0) is 17.8 Å². The Kier molecular flexibility index (Phi) is 7.41. The van der Waals surface area contributed by atoms with Crippen molar-refractivity contribution in [3.63, 3.8) is 0 Å². The van der Waals surface area contributed by atoms with E-state index < -0.39 is 35.3 Å². The monoisotopic (exact) mass is 407 g/mol. The van der Waals surface area contributed by atoms with Crippen molar-refractivity contribution in [3.8, 4) is 0 Å². The van der Waals surface area contributed by atoms with Crippen LogP contribution in [0.5, 0.6) is 0 Å². The zero-order valence-corrected chi connectivity index (χ0v) is 16.2. The first-order valence-corrected chi connectivity index (χ1v) is 9.13. The number of rotatable bonds is 5. The maximum absolute atomic E-state index is 13.1. The summed E-state index contributed by atoms with van der Waals surface area (Å²) in [6, 6.07) is 10.3. The van der Waals surface area contributed by atoms with Gasteiger partial charge in [0.2, 0.25) is 5.91 Å². The van der Waals surface area contributed by atoms with Crippen molar-refractivity contribution in [3.05, 3.63) is 80.5 Å². The minimum atomic E-state index is -0.733. The summed E-state index contributed by atoms with van der Waals surface area (Å²) in [6.45, 7) is 3.75. The number of para-hydroxylation sites is 1. The molecule has 1 aromatic heterocycles. The molecule has 0 atom stereocenters. The summed E-state index contributed by atoms with van der Waals surface area (Å²) in [5.41, 5.74) is 4.85. The highest BCUT2D eigenvalue weighted by molar-refractivity contribution is 5.78. The van der Waals surface area contributed by atoms with Gasteiger partial charge in [0, 0.05) is 8.92 Å². The van der Waals surface area contributed by atoms with Crippen LogP contribution >= 0.6 is 0 Å². The summed E-state index contributed by atoms with van der Waals surface area (Å²) in [5, 5.41) is 0.350. The van der Waals surface area contributed by atoms with Crippen LogP contribution in [0, 0.1) is 17.6 Å². The Balaban J connectivity index is 0.000000557. The van der Waals surface area contributed by atoms with Crippen molar-refractivity contribution in [2.45, 2.75) is 33.2 Å². The van der Waals surface area contributed by atoms with Crippen LogP contribution in [0.25, 0.3) is 10.9 Å². The lowest BCUT2D eigenvalue weighted by atomic mass is 10.0. The van der Waals surface area contributed by atoms with Crippen LogP contribution in [0.2, 0.25) is 0 Å². The third kappa shape index (κ3) is 6.10. The molecule has 0 spiro atoms. The normalized spacial score (nSPS) is 10.7. The van der Waals surface area contributed by atoms with Crippen molar-refractivity contribution in [2.75, 3.05) is 0 Å². The third-order valence-corrected chi connectivity index (χ3v) is 4.21. The number of benzene rings is 2. The average Bonchev–Trinajstić information content (AvgIpc) is 2.64. The molecule has 1 heterocycles. The second kappa shape index (κ2) is 9.77. The third-order valence-electron chi connectivity index (χ3n) is 4.21. The lowest BCUT2D eigenvalue weighted by Gasteiger charge is -2.05. The van der Waals surface area contributed by atoms with Gasteiger partial charge in [-0.15, -0.1) is 0 Å². The molecule has 1 amide bonds. The van der Waals surface area contributed by atoms with E-state index in [4.69, 9.17) is 5.73 Å². The SMILES string of the molecule is CC(C)CCc1ccc(F)cc1F.NC(=O)Cn1c(=O)[nH]c2ccccc2c1=O.[HH].[HH]. The number of hydrogen-bond donors (Lipinski definition) is 2. The number of nitrogens with one attached hydrogen (secondary N) is 1. The number of halogens is 2. The van der Waals surface area contributed by atoms with E-state index in [9.17, 15) is 23.2 Å². The highest BCUT2D eigenvalue weighted by atomic mass is 19.1. The molecule has 3 aromatic rings. The van der Waals surface area contributed by atoms with E-state index in [1.807, 2.05) is 0 Å². The molecule has 0 saturated heterocycles. The molecule has 3 N–H and O–H groups in total. The lowest BCUT2D eigenvalue weighted by molar-refractivity contribution is -0.118. The fourth-order valence-electron chi connectivity index (χ4n) is 2.67. The molecule has 3 rings (SSSR count). The summed E-state index contributed by atoms with van der Waals surface area (Å²) in [6.07, 6.45) is 1.62. The number of nitrogens with zero attached hydrogens (tertiary/aromatic N) is 1. The highest BCUT2D eigenvalue weighted by Crippen LogP contribution is 2.14. The number of carbonyl (C=O) groups is 1. The predicted molar refractivity (Wildman–Crippen MR) is 112 cm³/mol. The number of aromatic nitrogens is 2. The summed E-state index contributed by atoms with van der Waals surface area (Å²) in [4.78, 5) is 36.5. The van der Waals surface area contributed by atoms with Crippen molar-refractivity contribution in [1.82, 2.24) is 9.55 Å². The minimum absolute atomic E-state index is 0. The van der Waals surface area contributed by atoms with Gasteiger partial charge in [-0.3, -0.25) is 14.2 Å². The van der Waals surface area contributed by atoms with Gasteiger partial charge in [-0.25, -0.2) is 13.6 Å². The number of carbonyl (C=O) groups excluding carboxylic acids is 1. The number of aryl methyl sites for hydroxylation is 1. The Morgan fingerprint density at radius 2 is 1.86 bits per heavy atom. The van der Waals surface area contributed by atoms with Crippen molar-refractivity contribution in [2.24, 2.45) is 11.7 Å². The number of aromatic amines is 1. The fraction of sp³-hybridized carbons (Fsp3) is 0.286. The Hall–Kier alpha value is -3.29. The fourth-order valence-corrected chi connectivity index (χ4v) is 2.67. The Morgan fingerprint density at radius 1 is 1.17 bits per heavy atom. The van der Waals surface area contributed by atoms with Gasteiger partial charge in [-0.2, -0.15) is 0 Å². The van der Waals surface area contributed by atoms with Gasteiger partial charge in [0.1, 0.15) is 18.2 Å². The second-order valence-corrected chi connectivity index (χ2v) is 7.00. The van der Waals surface area contributed by atoms with E-state index in [1.54, 1.807) is 24.3 Å². The zero-order valence-electron chi connectivity index (χ0n) is 16.2. The van der Waals surface area contributed by atoms with E-state index >= 15 is 0 Å².